The first-order chi connectivity index (χ1) is 27.3. The minimum absolute atomic E-state index is 0.0882. The van der Waals surface area contributed by atoms with Gasteiger partial charge in [-0.15, -0.1) is 0 Å². The minimum Gasteiger partial charge on any atom is -0.247 e. The third-order valence-electron chi connectivity index (χ3n) is 10.4. The molecule has 0 saturated carbocycles. The van der Waals surface area contributed by atoms with Crippen LogP contribution in [-0.4, -0.2) is 5.71 Å². The Hall–Kier alpha value is -6.95. The van der Waals surface area contributed by atoms with Crippen molar-refractivity contribution >= 4 is 22.4 Å². The van der Waals surface area contributed by atoms with Gasteiger partial charge in [0.15, 0.2) is 0 Å². The van der Waals surface area contributed by atoms with Crippen LogP contribution in [0.2, 0.25) is 0 Å². The van der Waals surface area contributed by atoms with Gasteiger partial charge in [0.25, 0.3) is 0 Å². The molecule has 4 aromatic carbocycles. The van der Waals surface area contributed by atoms with Crippen molar-refractivity contribution in [1.29, 1.82) is 21.0 Å². The van der Waals surface area contributed by atoms with Crippen LogP contribution in [0.15, 0.2) is 107 Å². The standard InChI is InChI=1S/C46H29F6N5/c1-26-8-13-36-33-16-11-29(31-14-9-27(24-55)20-40(31)45(47,48)49)22-38(33)35(7-3-5-19-54)43(36)57-44-37-17-12-30(23-39(37)34(42(26)44)6-2-4-18-53)32-15-10-28(25-56)21-41(32)46(50,51)52/h6-7,9-12,14-17,20-23H,2-5,8,13H2,1H3/b34-6+,35-7+,42-26+,57-44?. The average molecular weight is 766 g/mol. The van der Waals surface area contributed by atoms with Gasteiger partial charge in [-0.25, -0.2) is 4.99 Å². The van der Waals surface area contributed by atoms with E-state index >= 15 is 0 Å². The number of nitriles is 4. The second-order valence-corrected chi connectivity index (χ2v) is 13.8. The van der Waals surface area contributed by atoms with E-state index in [1.165, 1.54) is 24.3 Å². The lowest BCUT2D eigenvalue weighted by molar-refractivity contribution is -0.137. The Labute approximate surface area is 324 Å². The van der Waals surface area contributed by atoms with Gasteiger partial charge in [-0.05, 0) is 119 Å². The van der Waals surface area contributed by atoms with E-state index in [-0.39, 0.29) is 46.2 Å². The van der Waals surface area contributed by atoms with Crippen molar-refractivity contribution in [3.8, 4) is 46.5 Å². The van der Waals surface area contributed by atoms with E-state index in [0.717, 1.165) is 40.0 Å². The van der Waals surface area contributed by atoms with Gasteiger partial charge in [-0.2, -0.15) is 47.4 Å². The molecule has 4 aromatic rings. The van der Waals surface area contributed by atoms with E-state index in [2.05, 4.69) is 12.1 Å². The van der Waals surface area contributed by atoms with E-state index in [1.54, 1.807) is 48.5 Å². The van der Waals surface area contributed by atoms with Crippen LogP contribution in [0, 0.1) is 45.3 Å². The first-order valence-corrected chi connectivity index (χ1v) is 18.0. The van der Waals surface area contributed by atoms with E-state index < -0.39 is 23.5 Å². The Balaban J connectivity index is 1.42. The van der Waals surface area contributed by atoms with Crippen molar-refractivity contribution in [2.45, 2.75) is 57.8 Å². The number of fused-ring (bicyclic) bond motifs is 5. The minimum atomic E-state index is -4.73. The molecule has 1 aliphatic heterocycles. The lowest BCUT2D eigenvalue weighted by Gasteiger charge is -2.16. The molecule has 0 fully saturated rings. The summed E-state index contributed by atoms with van der Waals surface area (Å²) in [6, 6.07) is 24.9. The molecule has 0 N–H and O–H groups in total. The second kappa shape index (κ2) is 14.9. The number of alkyl halides is 6. The van der Waals surface area contributed by atoms with Gasteiger partial charge in [0.2, 0.25) is 0 Å². The van der Waals surface area contributed by atoms with Crippen molar-refractivity contribution in [2.24, 2.45) is 4.99 Å². The number of benzene rings is 4. The van der Waals surface area contributed by atoms with E-state index in [0.29, 0.717) is 59.4 Å². The van der Waals surface area contributed by atoms with Crippen molar-refractivity contribution in [1.82, 2.24) is 0 Å². The van der Waals surface area contributed by atoms with Crippen molar-refractivity contribution in [3.63, 3.8) is 0 Å². The lowest BCUT2D eigenvalue weighted by Crippen LogP contribution is -2.08. The number of unbranched alkanes of at least 4 members (excludes halogenated alkanes) is 2. The van der Waals surface area contributed by atoms with Crippen LogP contribution in [-0.2, 0) is 12.4 Å². The van der Waals surface area contributed by atoms with E-state index in [9.17, 15) is 47.4 Å². The maximum atomic E-state index is 14.3. The third kappa shape index (κ3) is 7.06. The number of rotatable bonds is 6. The SMILES string of the molecule is C/C1=C2\C(=NC3=C(CC1)c1ccc(-c4ccc(C#N)cc4C(F)(F)F)cc1/C3=C\CCC#N)c1ccc(-c3ccc(C#N)cc3C(F)(F)F)cc1\C2=C/CCC#N. The van der Waals surface area contributed by atoms with Gasteiger partial charge in [-0.3, -0.25) is 0 Å². The summed E-state index contributed by atoms with van der Waals surface area (Å²) < 4.78 is 85.9. The highest BCUT2D eigenvalue weighted by molar-refractivity contribution is 6.31. The van der Waals surface area contributed by atoms with Crippen LogP contribution in [0.4, 0.5) is 26.3 Å². The molecule has 7 rings (SSSR count). The lowest BCUT2D eigenvalue weighted by atomic mass is 9.91. The zero-order valence-electron chi connectivity index (χ0n) is 30.3. The van der Waals surface area contributed by atoms with Gasteiger partial charge in [0.1, 0.15) is 0 Å². The van der Waals surface area contributed by atoms with Gasteiger partial charge >= 0.3 is 12.4 Å². The Morgan fingerprint density at radius 2 is 1.09 bits per heavy atom. The summed E-state index contributed by atoms with van der Waals surface area (Å²) in [5, 5.41) is 37.4. The van der Waals surface area contributed by atoms with Gasteiger partial charge in [0, 0.05) is 29.6 Å². The summed E-state index contributed by atoms with van der Waals surface area (Å²) in [5.41, 5.74) is 6.18. The zero-order chi connectivity index (χ0) is 40.6. The first-order valence-electron chi connectivity index (χ1n) is 18.0. The van der Waals surface area contributed by atoms with Crippen LogP contribution in [0.5, 0.6) is 0 Å². The maximum absolute atomic E-state index is 14.3. The van der Waals surface area contributed by atoms with Crippen molar-refractivity contribution in [3.05, 3.63) is 146 Å². The first kappa shape index (κ1) is 38.3. The molecule has 11 heteroatoms. The molecule has 57 heavy (non-hydrogen) atoms. The van der Waals surface area contributed by atoms with Crippen molar-refractivity contribution in [2.75, 3.05) is 0 Å². The number of nitrogens with zero attached hydrogens (tertiary/aromatic N) is 5. The number of hydrogen-bond acceptors (Lipinski definition) is 5. The van der Waals surface area contributed by atoms with Crippen LogP contribution in [0.3, 0.4) is 0 Å². The van der Waals surface area contributed by atoms with Crippen LogP contribution in [0.25, 0.3) is 39.0 Å². The average Bonchev–Trinajstić information content (AvgIpc) is 3.64. The monoisotopic (exact) mass is 765 g/mol. The number of halogens is 6. The second-order valence-electron chi connectivity index (χ2n) is 13.8. The smallest absolute Gasteiger partial charge is 0.247 e. The molecule has 0 bridgehead atoms. The van der Waals surface area contributed by atoms with Crippen molar-refractivity contribution < 1.29 is 26.3 Å². The topological polar surface area (TPSA) is 108 Å². The molecule has 1 heterocycles. The van der Waals surface area contributed by atoms with Crippen LogP contribution < -0.4 is 0 Å². The number of allylic oxidation sites excluding steroid dienone is 7. The molecule has 5 nitrogen and oxygen atoms in total. The molecule has 0 atom stereocenters. The molecule has 0 amide bonds. The van der Waals surface area contributed by atoms with Crippen LogP contribution >= 0.6 is 0 Å². The van der Waals surface area contributed by atoms with Crippen LogP contribution in [0.1, 0.15) is 90.0 Å². The van der Waals surface area contributed by atoms with Gasteiger partial charge in [-0.1, -0.05) is 54.1 Å². The molecular weight excluding hydrogens is 737 g/mol. The highest BCUT2D eigenvalue weighted by Crippen LogP contribution is 2.51. The Morgan fingerprint density at radius 1 is 0.596 bits per heavy atom. The third-order valence-corrected chi connectivity index (χ3v) is 10.4. The highest BCUT2D eigenvalue weighted by Gasteiger charge is 2.38. The summed E-state index contributed by atoms with van der Waals surface area (Å²) in [6.45, 7) is 1.97. The fraction of sp³-hybridized carbons (Fsp3) is 0.196. The Morgan fingerprint density at radius 3 is 1.60 bits per heavy atom. The predicted molar refractivity (Wildman–Crippen MR) is 204 cm³/mol. The highest BCUT2D eigenvalue weighted by atomic mass is 19.4. The summed E-state index contributed by atoms with van der Waals surface area (Å²) in [5.74, 6) is 0. The summed E-state index contributed by atoms with van der Waals surface area (Å²) >= 11 is 0. The summed E-state index contributed by atoms with van der Waals surface area (Å²) in [6.07, 6.45) is -3.51. The number of aliphatic imine (C=N–C) groups is 1. The Kier molecular flexibility index (Phi) is 10.0. The quantitative estimate of drug-likeness (QED) is 0.144. The molecule has 3 aliphatic rings. The normalized spacial score (nSPS) is 17.4. The molecule has 280 valence electrons. The molecule has 0 spiro atoms. The number of hydrogen-bond donors (Lipinski definition) is 0. The molecule has 0 unspecified atom stereocenters. The summed E-state index contributed by atoms with van der Waals surface area (Å²) in [4.78, 5) is 5.32. The molecule has 0 radical (unpaired) electrons. The maximum Gasteiger partial charge on any atom is 0.417 e. The molecule has 0 saturated heterocycles. The van der Waals surface area contributed by atoms with E-state index in [4.69, 9.17) is 4.99 Å². The fourth-order valence-corrected chi connectivity index (χ4v) is 7.81. The van der Waals surface area contributed by atoms with E-state index in [1.807, 2.05) is 19.1 Å². The molecule has 2 aliphatic carbocycles. The fourth-order valence-electron chi connectivity index (χ4n) is 7.81. The summed E-state index contributed by atoms with van der Waals surface area (Å²) in [7, 11) is 0. The van der Waals surface area contributed by atoms with Gasteiger partial charge < -0.3 is 0 Å². The zero-order valence-corrected chi connectivity index (χ0v) is 30.3. The predicted octanol–water partition coefficient (Wildman–Crippen LogP) is 12.5. The molecular formula is C46H29F6N5. The molecule has 0 aromatic heterocycles. The largest absolute Gasteiger partial charge is 0.417 e. The Bertz CT molecular complexity index is 2710. The van der Waals surface area contributed by atoms with Gasteiger partial charge in [0.05, 0.1) is 57.9 Å².